The molecule has 2 aromatic carbocycles. The Kier molecular flexibility index (Phi) is 4.22. The van der Waals surface area contributed by atoms with E-state index in [0.717, 1.165) is 66.7 Å². The predicted octanol–water partition coefficient (Wildman–Crippen LogP) is 4.86. The van der Waals surface area contributed by atoms with E-state index in [9.17, 15) is 0 Å². The molecule has 5 heteroatoms. The van der Waals surface area contributed by atoms with Gasteiger partial charge >= 0.3 is 0 Å². The second kappa shape index (κ2) is 7.00. The smallest absolute Gasteiger partial charge is 0.209 e. The predicted molar refractivity (Wildman–Crippen MR) is 103 cm³/mol. The summed E-state index contributed by atoms with van der Waals surface area (Å²) in [5, 5.41) is 0. The zero-order valence-corrected chi connectivity index (χ0v) is 15.0. The number of rotatable bonds is 4. The van der Waals surface area contributed by atoms with E-state index in [2.05, 4.69) is 14.9 Å². The van der Waals surface area contributed by atoms with Gasteiger partial charge in [-0.15, -0.1) is 0 Å². The summed E-state index contributed by atoms with van der Waals surface area (Å²) < 4.78 is 11.9. The van der Waals surface area contributed by atoms with Crippen molar-refractivity contribution in [2.45, 2.75) is 25.3 Å². The third kappa shape index (κ3) is 3.38. The molecule has 0 atom stereocenters. The molecule has 0 spiro atoms. The van der Waals surface area contributed by atoms with E-state index in [1.54, 1.807) is 0 Å². The van der Waals surface area contributed by atoms with Gasteiger partial charge in [0.1, 0.15) is 5.52 Å². The molecule has 1 saturated heterocycles. The van der Waals surface area contributed by atoms with Gasteiger partial charge in [-0.05, 0) is 38.1 Å². The number of aromatic nitrogens is 2. The van der Waals surface area contributed by atoms with Gasteiger partial charge in [0, 0.05) is 11.5 Å². The molecule has 0 aliphatic carbocycles. The largest absolute Gasteiger partial charge is 0.440 e. The molecule has 0 N–H and O–H groups in total. The highest BCUT2D eigenvalue weighted by molar-refractivity contribution is 5.72. The summed E-state index contributed by atoms with van der Waals surface area (Å²) in [5.74, 6) is 2.86. The SMILES string of the molecule is c1ccc(-c2cnc(CN3CCC(c4nc5ccccc5o4)CC3)o2)cc1. The fourth-order valence-corrected chi connectivity index (χ4v) is 3.71. The third-order valence-corrected chi connectivity index (χ3v) is 5.22. The standard InChI is InChI=1S/C22H21N3O2/c1-2-6-16(7-3-1)20-14-23-21(26-20)15-25-12-10-17(11-13-25)22-24-18-8-4-5-9-19(18)27-22/h1-9,14,17H,10-13,15H2. The molecule has 0 amide bonds. The summed E-state index contributed by atoms with van der Waals surface area (Å²) in [7, 11) is 0. The Bertz CT molecular complexity index is 997. The van der Waals surface area contributed by atoms with Crippen LogP contribution in [0.5, 0.6) is 0 Å². The van der Waals surface area contributed by atoms with Crippen molar-refractivity contribution in [1.82, 2.24) is 14.9 Å². The highest BCUT2D eigenvalue weighted by Crippen LogP contribution is 2.30. The fraction of sp³-hybridized carbons (Fsp3) is 0.273. The van der Waals surface area contributed by atoms with Crippen LogP contribution in [0.15, 0.2) is 69.6 Å². The number of para-hydroxylation sites is 2. The van der Waals surface area contributed by atoms with Gasteiger partial charge in [0.15, 0.2) is 17.2 Å². The van der Waals surface area contributed by atoms with E-state index in [-0.39, 0.29) is 0 Å². The molecular weight excluding hydrogens is 338 g/mol. The number of piperidine rings is 1. The van der Waals surface area contributed by atoms with Gasteiger partial charge in [-0.25, -0.2) is 9.97 Å². The van der Waals surface area contributed by atoms with Crippen LogP contribution >= 0.6 is 0 Å². The number of likely N-dealkylation sites (tertiary alicyclic amines) is 1. The second-order valence-corrected chi connectivity index (χ2v) is 7.05. The van der Waals surface area contributed by atoms with Crippen molar-refractivity contribution in [2.24, 2.45) is 0 Å². The Morgan fingerprint density at radius 1 is 0.926 bits per heavy atom. The number of nitrogens with zero attached hydrogens (tertiary/aromatic N) is 3. The molecule has 2 aromatic heterocycles. The van der Waals surface area contributed by atoms with Crippen molar-refractivity contribution in [2.75, 3.05) is 13.1 Å². The first-order chi connectivity index (χ1) is 13.3. The van der Waals surface area contributed by atoms with Crippen molar-refractivity contribution >= 4 is 11.1 Å². The third-order valence-electron chi connectivity index (χ3n) is 5.22. The maximum Gasteiger partial charge on any atom is 0.209 e. The molecule has 0 bridgehead atoms. The average molecular weight is 359 g/mol. The van der Waals surface area contributed by atoms with Gasteiger partial charge in [0.2, 0.25) is 5.89 Å². The zero-order chi connectivity index (χ0) is 18.1. The lowest BCUT2D eigenvalue weighted by Crippen LogP contribution is -2.32. The van der Waals surface area contributed by atoms with Crippen molar-refractivity contribution in [3.05, 3.63) is 72.6 Å². The van der Waals surface area contributed by atoms with Crippen molar-refractivity contribution in [1.29, 1.82) is 0 Å². The van der Waals surface area contributed by atoms with Crippen LogP contribution in [0, 0.1) is 0 Å². The van der Waals surface area contributed by atoms with Crippen molar-refractivity contribution in [3.8, 4) is 11.3 Å². The molecule has 1 fully saturated rings. The molecule has 0 unspecified atom stereocenters. The number of oxazole rings is 2. The molecule has 0 saturated carbocycles. The number of fused-ring (bicyclic) bond motifs is 1. The minimum absolute atomic E-state index is 0.387. The lowest BCUT2D eigenvalue weighted by atomic mass is 9.97. The molecule has 3 heterocycles. The fourth-order valence-electron chi connectivity index (χ4n) is 3.71. The molecule has 136 valence electrons. The molecule has 5 rings (SSSR count). The van der Waals surface area contributed by atoms with E-state index in [4.69, 9.17) is 8.83 Å². The molecule has 4 aromatic rings. The van der Waals surface area contributed by atoms with Gasteiger partial charge in [-0.3, -0.25) is 4.90 Å². The van der Waals surface area contributed by atoms with Crippen LogP contribution in [0.1, 0.15) is 30.5 Å². The quantitative estimate of drug-likeness (QED) is 0.521. The molecule has 1 aliphatic heterocycles. The van der Waals surface area contributed by atoms with E-state index >= 15 is 0 Å². The maximum absolute atomic E-state index is 5.95. The van der Waals surface area contributed by atoms with E-state index in [1.807, 2.05) is 60.8 Å². The summed E-state index contributed by atoms with van der Waals surface area (Å²) in [6, 6.07) is 18.1. The minimum atomic E-state index is 0.387. The van der Waals surface area contributed by atoms with E-state index in [1.165, 1.54) is 0 Å². The Balaban J connectivity index is 1.21. The van der Waals surface area contributed by atoms with E-state index < -0.39 is 0 Å². The molecule has 5 nitrogen and oxygen atoms in total. The van der Waals surface area contributed by atoms with E-state index in [0.29, 0.717) is 5.92 Å². The highest BCUT2D eigenvalue weighted by atomic mass is 16.4. The lowest BCUT2D eigenvalue weighted by molar-refractivity contribution is 0.179. The van der Waals surface area contributed by atoms with Gasteiger partial charge < -0.3 is 8.83 Å². The topological polar surface area (TPSA) is 55.3 Å². The molecule has 0 radical (unpaired) electrons. The molecule has 1 aliphatic rings. The van der Waals surface area contributed by atoms with Crippen LogP contribution in [-0.4, -0.2) is 28.0 Å². The lowest BCUT2D eigenvalue weighted by Gasteiger charge is -2.29. The number of hydrogen-bond acceptors (Lipinski definition) is 5. The summed E-state index contributed by atoms with van der Waals surface area (Å²) in [5.41, 5.74) is 2.89. The Morgan fingerprint density at radius 3 is 2.52 bits per heavy atom. The first kappa shape index (κ1) is 16.3. The molecular formula is C22H21N3O2. The summed E-state index contributed by atoms with van der Waals surface area (Å²) in [4.78, 5) is 11.5. The van der Waals surface area contributed by atoms with Crippen LogP contribution in [0.3, 0.4) is 0 Å². The monoisotopic (exact) mass is 359 g/mol. The summed E-state index contributed by atoms with van der Waals surface area (Å²) in [6.07, 6.45) is 3.90. The maximum atomic E-state index is 5.95. The minimum Gasteiger partial charge on any atom is -0.440 e. The van der Waals surface area contributed by atoms with Crippen LogP contribution in [0.2, 0.25) is 0 Å². The number of benzene rings is 2. The van der Waals surface area contributed by atoms with Crippen LogP contribution in [-0.2, 0) is 6.54 Å². The normalized spacial score (nSPS) is 16.1. The number of hydrogen-bond donors (Lipinski definition) is 0. The van der Waals surface area contributed by atoms with Crippen LogP contribution in [0.4, 0.5) is 0 Å². The first-order valence-electron chi connectivity index (χ1n) is 9.43. The average Bonchev–Trinajstić information content (AvgIpc) is 3.36. The van der Waals surface area contributed by atoms with Gasteiger partial charge in [-0.2, -0.15) is 0 Å². The Labute approximate surface area is 157 Å². The Hall–Kier alpha value is -2.92. The van der Waals surface area contributed by atoms with Crippen LogP contribution < -0.4 is 0 Å². The van der Waals surface area contributed by atoms with Gasteiger partial charge in [0.05, 0.1) is 12.7 Å². The second-order valence-electron chi connectivity index (χ2n) is 7.05. The Morgan fingerprint density at radius 2 is 1.70 bits per heavy atom. The van der Waals surface area contributed by atoms with Gasteiger partial charge in [-0.1, -0.05) is 42.5 Å². The van der Waals surface area contributed by atoms with Crippen molar-refractivity contribution < 1.29 is 8.83 Å². The summed E-state index contributed by atoms with van der Waals surface area (Å²) in [6.45, 7) is 2.73. The van der Waals surface area contributed by atoms with Crippen LogP contribution in [0.25, 0.3) is 22.4 Å². The summed E-state index contributed by atoms with van der Waals surface area (Å²) >= 11 is 0. The van der Waals surface area contributed by atoms with Crippen molar-refractivity contribution in [3.63, 3.8) is 0 Å². The van der Waals surface area contributed by atoms with Gasteiger partial charge in [0.25, 0.3) is 0 Å². The first-order valence-corrected chi connectivity index (χ1v) is 9.43. The molecule has 27 heavy (non-hydrogen) atoms. The highest BCUT2D eigenvalue weighted by Gasteiger charge is 2.25. The zero-order valence-electron chi connectivity index (χ0n) is 15.0.